The van der Waals surface area contributed by atoms with E-state index in [-0.39, 0.29) is 17.2 Å². The van der Waals surface area contributed by atoms with Crippen molar-refractivity contribution >= 4 is 52.6 Å². The monoisotopic (exact) mass is 485 g/mol. The Bertz CT molecular complexity index is 626. The summed E-state index contributed by atoms with van der Waals surface area (Å²) >= 11 is 23.5. The second-order valence-corrected chi connectivity index (χ2v) is 8.12. The molecule has 0 spiro atoms. The molecule has 0 aliphatic carbocycles. The predicted molar refractivity (Wildman–Crippen MR) is 121 cm³/mol. The van der Waals surface area contributed by atoms with Gasteiger partial charge in [-0.2, -0.15) is 0 Å². The number of rotatable bonds is 15. The molecule has 0 aliphatic rings. The zero-order chi connectivity index (χ0) is 21.5. The molecule has 0 fully saturated rings. The lowest BCUT2D eigenvalue weighted by Gasteiger charge is -2.12. The van der Waals surface area contributed by atoms with Gasteiger partial charge in [0.05, 0.1) is 29.5 Å². The van der Waals surface area contributed by atoms with Crippen molar-refractivity contribution in [2.24, 2.45) is 5.16 Å². The summed E-state index contributed by atoms with van der Waals surface area (Å²) in [4.78, 5) is 5.04. The van der Waals surface area contributed by atoms with E-state index in [1.54, 1.807) is 18.3 Å². The van der Waals surface area contributed by atoms with Crippen LogP contribution in [0.15, 0.2) is 27.9 Å². The highest BCUT2D eigenvalue weighted by Crippen LogP contribution is 2.37. The van der Waals surface area contributed by atoms with Crippen LogP contribution in [-0.2, 0) is 9.57 Å². The van der Waals surface area contributed by atoms with Gasteiger partial charge in [0.15, 0.2) is 5.75 Å². The molecule has 0 heterocycles. The number of benzene rings is 1. The van der Waals surface area contributed by atoms with Gasteiger partial charge in [0, 0.05) is 18.7 Å². The Hall–Kier alpha value is -0.850. The third-order valence-corrected chi connectivity index (χ3v) is 4.30. The maximum absolute atomic E-state index is 6.23. The Labute approximate surface area is 192 Å². The van der Waals surface area contributed by atoms with E-state index in [2.05, 4.69) is 5.16 Å². The fourth-order valence-corrected chi connectivity index (χ4v) is 2.83. The van der Waals surface area contributed by atoms with Crippen LogP contribution in [0, 0.1) is 0 Å². The van der Waals surface area contributed by atoms with Gasteiger partial charge in [-0.15, -0.1) is 0 Å². The van der Waals surface area contributed by atoms with Gasteiger partial charge >= 0.3 is 0 Å². The standard InChI is InChI=1S/C20H27Cl4NO4/c1-15(2)29-25-8-12-26-9-5-3-4-6-10-28-20-17(21)13-16(14-18(20)22)27-11-7-19(23)24/h7-8,13-15H,3-6,9-12H2,1-2H3. The van der Waals surface area contributed by atoms with Gasteiger partial charge in [-0.05, 0) is 39.2 Å². The smallest absolute Gasteiger partial charge is 0.156 e. The summed E-state index contributed by atoms with van der Waals surface area (Å²) in [6, 6.07) is 3.29. The van der Waals surface area contributed by atoms with Crippen molar-refractivity contribution in [3.05, 3.63) is 32.7 Å². The molecule has 0 radical (unpaired) electrons. The van der Waals surface area contributed by atoms with Gasteiger partial charge in [-0.3, -0.25) is 0 Å². The van der Waals surface area contributed by atoms with E-state index < -0.39 is 0 Å². The number of halogens is 4. The molecule has 0 atom stereocenters. The quantitative estimate of drug-likeness (QED) is 0.151. The predicted octanol–water partition coefficient (Wildman–Crippen LogP) is 7.06. The first-order chi connectivity index (χ1) is 13.9. The number of ether oxygens (including phenoxy) is 3. The summed E-state index contributed by atoms with van der Waals surface area (Å²) < 4.78 is 16.8. The summed E-state index contributed by atoms with van der Waals surface area (Å²) in [6.07, 6.45) is 7.18. The lowest BCUT2D eigenvalue weighted by Crippen LogP contribution is -2.02. The first-order valence-electron chi connectivity index (χ1n) is 9.41. The lowest BCUT2D eigenvalue weighted by molar-refractivity contribution is 0.0840. The maximum Gasteiger partial charge on any atom is 0.156 e. The molecule has 0 amide bonds. The highest BCUT2D eigenvalue weighted by molar-refractivity contribution is 6.55. The van der Waals surface area contributed by atoms with Crippen LogP contribution in [0.4, 0.5) is 0 Å². The summed E-state index contributed by atoms with van der Waals surface area (Å²) in [6.45, 7) is 5.75. The minimum Gasteiger partial charge on any atom is -0.490 e. The van der Waals surface area contributed by atoms with Crippen LogP contribution in [-0.4, -0.2) is 38.7 Å². The van der Waals surface area contributed by atoms with Crippen molar-refractivity contribution in [2.75, 3.05) is 26.4 Å². The topological polar surface area (TPSA) is 49.3 Å². The Morgan fingerprint density at radius 2 is 1.62 bits per heavy atom. The van der Waals surface area contributed by atoms with E-state index in [0.29, 0.717) is 41.4 Å². The van der Waals surface area contributed by atoms with Crippen LogP contribution >= 0.6 is 46.4 Å². The zero-order valence-electron chi connectivity index (χ0n) is 16.6. The third-order valence-electron chi connectivity index (χ3n) is 3.43. The molecule has 164 valence electrons. The number of nitrogens with zero attached hydrogens (tertiary/aromatic N) is 1. The third kappa shape index (κ3) is 13.1. The van der Waals surface area contributed by atoms with Gasteiger partial charge in [-0.1, -0.05) is 58.0 Å². The molecule has 9 heteroatoms. The summed E-state index contributed by atoms with van der Waals surface area (Å²) in [5.41, 5.74) is 0. The highest BCUT2D eigenvalue weighted by Gasteiger charge is 2.10. The SMILES string of the molecule is CC(C)ON=CCOCCCCCCOc1c(Cl)cc(OCC=C(Cl)Cl)cc1Cl. The minimum absolute atomic E-state index is 0.0858. The Morgan fingerprint density at radius 1 is 0.966 bits per heavy atom. The van der Waals surface area contributed by atoms with Gasteiger partial charge in [0.25, 0.3) is 0 Å². The normalized spacial score (nSPS) is 11.1. The van der Waals surface area contributed by atoms with Crippen molar-refractivity contribution < 1.29 is 19.0 Å². The zero-order valence-corrected chi connectivity index (χ0v) is 19.7. The van der Waals surface area contributed by atoms with E-state index in [1.807, 2.05) is 13.8 Å². The first-order valence-corrected chi connectivity index (χ1v) is 10.9. The van der Waals surface area contributed by atoms with E-state index in [4.69, 9.17) is 65.5 Å². The Kier molecular flexibility index (Phi) is 14.4. The van der Waals surface area contributed by atoms with E-state index in [1.165, 1.54) is 6.08 Å². The molecule has 0 aromatic heterocycles. The van der Waals surface area contributed by atoms with Gasteiger partial charge in [-0.25, -0.2) is 0 Å². The number of hydrogen-bond acceptors (Lipinski definition) is 5. The van der Waals surface area contributed by atoms with Crippen molar-refractivity contribution in [1.82, 2.24) is 0 Å². The molecule has 0 N–H and O–H groups in total. The second kappa shape index (κ2) is 15.9. The molecule has 0 saturated heterocycles. The average Bonchev–Trinajstić information content (AvgIpc) is 2.64. The van der Waals surface area contributed by atoms with Gasteiger partial charge < -0.3 is 19.0 Å². The highest BCUT2D eigenvalue weighted by atomic mass is 35.5. The van der Waals surface area contributed by atoms with Crippen LogP contribution < -0.4 is 9.47 Å². The van der Waals surface area contributed by atoms with E-state index in [9.17, 15) is 0 Å². The Balaban J connectivity index is 2.16. The number of oxime groups is 1. The van der Waals surface area contributed by atoms with Crippen LogP contribution in [0.3, 0.4) is 0 Å². The molecular weight excluding hydrogens is 460 g/mol. The van der Waals surface area contributed by atoms with Crippen molar-refractivity contribution in [1.29, 1.82) is 0 Å². The molecule has 0 saturated carbocycles. The molecule has 0 unspecified atom stereocenters. The molecule has 0 aliphatic heterocycles. The van der Waals surface area contributed by atoms with E-state index in [0.717, 1.165) is 25.7 Å². The van der Waals surface area contributed by atoms with E-state index >= 15 is 0 Å². The van der Waals surface area contributed by atoms with Crippen molar-refractivity contribution in [3.63, 3.8) is 0 Å². The lowest BCUT2D eigenvalue weighted by atomic mass is 10.2. The summed E-state index contributed by atoms with van der Waals surface area (Å²) in [5, 5.41) is 4.58. The molecule has 1 aromatic carbocycles. The van der Waals surface area contributed by atoms with Crippen molar-refractivity contribution in [2.45, 2.75) is 45.6 Å². The minimum atomic E-state index is 0.0858. The van der Waals surface area contributed by atoms with Crippen LogP contribution in [0.5, 0.6) is 11.5 Å². The largest absolute Gasteiger partial charge is 0.490 e. The van der Waals surface area contributed by atoms with Gasteiger partial charge in [0.1, 0.15) is 23.0 Å². The molecule has 0 bridgehead atoms. The molecule has 29 heavy (non-hydrogen) atoms. The van der Waals surface area contributed by atoms with Crippen molar-refractivity contribution in [3.8, 4) is 11.5 Å². The molecular formula is C20H27Cl4NO4. The second-order valence-electron chi connectivity index (χ2n) is 6.30. The molecule has 1 aromatic rings. The average molecular weight is 487 g/mol. The fraction of sp³-hybridized carbons (Fsp3) is 0.550. The van der Waals surface area contributed by atoms with Crippen LogP contribution in [0.1, 0.15) is 39.5 Å². The van der Waals surface area contributed by atoms with Crippen LogP contribution in [0.25, 0.3) is 0 Å². The summed E-state index contributed by atoms with van der Waals surface area (Å²) in [5.74, 6) is 0.969. The molecule has 1 rings (SSSR count). The first kappa shape index (κ1) is 26.2. The Morgan fingerprint density at radius 3 is 2.24 bits per heavy atom. The molecule has 5 nitrogen and oxygen atoms in total. The number of hydrogen-bond donors (Lipinski definition) is 0. The van der Waals surface area contributed by atoms with Gasteiger partial charge in [0.2, 0.25) is 0 Å². The summed E-state index contributed by atoms with van der Waals surface area (Å²) in [7, 11) is 0. The number of unbranched alkanes of at least 4 members (excludes halogenated alkanes) is 3. The fourth-order valence-electron chi connectivity index (χ4n) is 2.12. The maximum atomic E-state index is 6.23. The van der Waals surface area contributed by atoms with Crippen LogP contribution in [0.2, 0.25) is 10.0 Å².